The lowest BCUT2D eigenvalue weighted by Gasteiger charge is -2.23. The number of carboxylic acid groups (broad SMARTS) is 2. The van der Waals surface area contributed by atoms with Gasteiger partial charge >= 0.3 is 18.0 Å². The lowest BCUT2D eigenvalue weighted by molar-refractivity contribution is -0.140. The minimum absolute atomic E-state index is 0.114. The summed E-state index contributed by atoms with van der Waals surface area (Å²) in [6.07, 6.45) is 0.296. The number of methoxy groups -OCH3 is 1. The molecule has 0 spiro atoms. The molecule has 102 valence electrons. The van der Waals surface area contributed by atoms with Gasteiger partial charge in [0.15, 0.2) is 0 Å². The fourth-order valence-electron chi connectivity index (χ4n) is 1.92. The first-order valence-corrected chi connectivity index (χ1v) is 5.47. The van der Waals surface area contributed by atoms with Gasteiger partial charge in [0.1, 0.15) is 12.6 Å². The maximum atomic E-state index is 11.3. The van der Waals surface area contributed by atoms with Crippen molar-refractivity contribution in [3.8, 4) is 0 Å². The fourth-order valence-corrected chi connectivity index (χ4v) is 1.92. The topological polar surface area (TPSA) is 116 Å². The van der Waals surface area contributed by atoms with Crippen molar-refractivity contribution in [3.63, 3.8) is 0 Å². The van der Waals surface area contributed by atoms with Crippen molar-refractivity contribution in [1.82, 2.24) is 10.2 Å². The molecule has 1 heterocycles. The highest BCUT2D eigenvalue weighted by Gasteiger charge is 2.31. The molecule has 0 aromatic rings. The Morgan fingerprint density at radius 2 is 2.00 bits per heavy atom. The number of ether oxygens (including phenoxy) is 1. The van der Waals surface area contributed by atoms with Crippen LogP contribution < -0.4 is 5.32 Å². The molecule has 8 nitrogen and oxygen atoms in total. The second-order valence-electron chi connectivity index (χ2n) is 4.08. The number of aliphatic carboxylic acids is 2. The van der Waals surface area contributed by atoms with Crippen molar-refractivity contribution in [2.45, 2.75) is 24.9 Å². The van der Waals surface area contributed by atoms with Gasteiger partial charge in [0.25, 0.3) is 0 Å². The van der Waals surface area contributed by atoms with Crippen molar-refractivity contribution in [2.24, 2.45) is 0 Å². The van der Waals surface area contributed by atoms with Crippen LogP contribution in [0.15, 0.2) is 0 Å². The van der Waals surface area contributed by atoms with E-state index in [9.17, 15) is 14.4 Å². The Balaban J connectivity index is 2.54. The van der Waals surface area contributed by atoms with E-state index in [4.69, 9.17) is 10.2 Å². The smallest absolute Gasteiger partial charge is 0.410 e. The van der Waals surface area contributed by atoms with Gasteiger partial charge in [-0.05, 0) is 12.8 Å². The zero-order valence-corrected chi connectivity index (χ0v) is 9.96. The summed E-state index contributed by atoms with van der Waals surface area (Å²) in [6, 6.07) is -0.871. The van der Waals surface area contributed by atoms with Crippen LogP contribution >= 0.6 is 0 Å². The molecule has 2 unspecified atom stereocenters. The first kappa shape index (κ1) is 14.2. The van der Waals surface area contributed by atoms with Crippen LogP contribution in [0.1, 0.15) is 12.8 Å². The van der Waals surface area contributed by atoms with E-state index < -0.39 is 30.6 Å². The predicted octanol–water partition coefficient (Wildman–Crippen LogP) is -0.655. The first-order valence-electron chi connectivity index (χ1n) is 5.47. The largest absolute Gasteiger partial charge is 0.480 e. The van der Waals surface area contributed by atoms with Gasteiger partial charge < -0.3 is 14.9 Å². The molecule has 0 aromatic carbocycles. The van der Waals surface area contributed by atoms with Gasteiger partial charge in [-0.3, -0.25) is 19.8 Å². The van der Waals surface area contributed by atoms with Crippen molar-refractivity contribution in [1.29, 1.82) is 0 Å². The van der Waals surface area contributed by atoms with Crippen LogP contribution in [0.4, 0.5) is 4.79 Å². The van der Waals surface area contributed by atoms with E-state index in [0.29, 0.717) is 12.8 Å². The van der Waals surface area contributed by atoms with Crippen LogP contribution in [0, 0.1) is 0 Å². The third-order valence-corrected chi connectivity index (χ3v) is 2.74. The van der Waals surface area contributed by atoms with E-state index in [1.54, 1.807) is 0 Å². The molecule has 1 aliphatic heterocycles. The lowest BCUT2D eigenvalue weighted by atomic mass is 10.2. The van der Waals surface area contributed by atoms with Crippen LogP contribution in [0.3, 0.4) is 0 Å². The Morgan fingerprint density at radius 1 is 1.33 bits per heavy atom. The molecule has 1 rings (SSSR count). The Kier molecular flexibility index (Phi) is 4.90. The molecule has 0 aromatic heterocycles. The van der Waals surface area contributed by atoms with E-state index >= 15 is 0 Å². The summed E-state index contributed by atoms with van der Waals surface area (Å²) in [5.74, 6) is -2.09. The number of carbonyl (C=O) groups excluding carboxylic acids is 1. The maximum absolute atomic E-state index is 11.3. The second kappa shape index (κ2) is 6.20. The van der Waals surface area contributed by atoms with E-state index in [0.717, 1.165) is 4.90 Å². The zero-order valence-electron chi connectivity index (χ0n) is 9.96. The Morgan fingerprint density at radius 3 is 2.44 bits per heavy atom. The molecular formula is C10H16N2O6. The van der Waals surface area contributed by atoms with Gasteiger partial charge in [-0.25, -0.2) is 4.79 Å². The van der Waals surface area contributed by atoms with E-state index in [-0.39, 0.29) is 12.6 Å². The first-order chi connectivity index (χ1) is 8.43. The number of amides is 1. The summed E-state index contributed by atoms with van der Waals surface area (Å²) in [6.45, 7) is -0.356. The average Bonchev–Trinajstić information content (AvgIpc) is 2.75. The second-order valence-corrected chi connectivity index (χ2v) is 4.08. The van der Waals surface area contributed by atoms with Crippen LogP contribution in [0.5, 0.6) is 0 Å². The van der Waals surface area contributed by atoms with E-state index in [2.05, 4.69) is 10.1 Å². The molecule has 1 aliphatic rings. The summed E-state index contributed by atoms with van der Waals surface area (Å²) >= 11 is 0. The molecule has 0 bridgehead atoms. The number of nitrogens with one attached hydrogen (secondary N) is 1. The Labute approximate surface area is 104 Å². The predicted molar refractivity (Wildman–Crippen MR) is 59.2 cm³/mol. The van der Waals surface area contributed by atoms with Crippen LogP contribution in [0.25, 0.3) is 0 Å². The molecule has 0 aliphatic carbocycles. The summed E-state index contributed by atoms with van der Waals surface area (Å²) in [5, 5.41) is 20.3. The number of hydrogen-bond acceptors (Lipinski definition) is 5. The van der Waals surface area contributed by atoms with Gasteiger partial charge in [-0.2, -0.15) is 0 Å². The van der Waals surface area contributed by atoms with E-state index in [1.165, 1.54) is 7.11 Å². The molecular weight excluding hydrogens is 244 g/mol. The minimum atomic E-state index is -1.15. The van der Waals surface area contributed by atoms with Crippen LogP contribution in [-0.2, 0) is 14.3 Å². The van der Waals surface area contributed by atoms with Crippen LogP contribution in [0.2, 0.25) is 0 Å². The van der Waals surface area contributed by atoms with Crippen molar-refractivity contribution >= 4 is 18.0 Å². The molecule has 18 heavy (non-hydrogen) atoms. The van der Waals surface area contributed by atoms with Gasteiger partial charge in [0.05, 0.1) is 7.11 Å². The van der Waals surface area contributed by atoms with Crippen molar-refractivity contribution in [3.05, 3.63) is 0 Å². The van der Waals surface area contributed by atoms with Gasteiger partial charge in [-0.1, -0.05) is 0 Å². The highest BCUT2D eigenvalue weighted by Crippen LogP contribution is 2.14. The van der Waals surface area contributed by atoms with E-state index in [1.807, 2.05) is 0 Å². The fraction of sp³-hybridized carbons (Fsp3) is 0.700. The number of carbonyl (C=O) groups is 3. The lowest BCUT2D eigenvalue weighted by Crippen LogP contribution is -2.46. The number of carboxylic acids is 2. The monoisotopic (exact) mass is 260 g/mol. The minimum Gasteiger partial charge on any atom is -0.480 e. The van der Waals surface area contributed by atoms with Gasteiger partial charge in [0.2, 0.25) is 0 Å². The summed E-state index contributed by atoms with van der Waals surface area (Å²) in [5.41, 5.74) is 0. The zero-order chi connectivity index (χ0) is 13.7. The normalized spacial score (nSPS) is 22.5. The Hall–Kier alpha value is -1.83. The Bertz CT molecular complexity index is 345. The van der Waals surface area contributed by atoms with Crippen LogP contribution in [-0.4, -0.2) is 65.4 Å². The SMILES string of the molecule is COC(=O)N(CC(=O)O)CC1CCC(C(=O)O)N1. The molecule has 1 amide bonds. The van der Waals surface area contributed by atoms with Gasteiger partial charge in [-0.15, -0.1) is 0 Å². The highest BCUT2D eigenvalue weighted by atomic mass is 16.5. The molecule has 3 N–H and O–H groups in total. The number of hydrogen-bond donors (Lipinski definition) is 3. The molecule has 2 atom stereocenters. The summed E-state index contributed by atoms with van der Waals surface area (Å²) in [7, 11) is 1.17. The third kappa shape index (κ3) is 3.88. The number of rotatable bonds is 5. The molecule has 0 radical (unpaired) electrons. The van der Waals surface area contributed by atoms with Gasteiger partial charge in [0, 0.05) is 12.6 Å². The highest BCUT2D eigenvalue weighted by molar-refractivity contribution is 5.77. The average molecular weight is 260 g/mol. The quantitative estimate of drug-likeness (QED) is 0.601. The molecule has 8 heteroatoms. The third-order valence-electron chi connectivity index (χ3n) is 2.74. The summed E-state index contributed by atoms with van der Waals surface area (Å²) < 4.78 is 4.48. The van der Waals surface area contributed by atoms with Crippen molar-refractivity contribution < 1.29 is 29.3 Å². The molecule has 0 saturated carbocycles. The molecule has 1 saturated heterocycles. The van der Waals surface area contributed by atoms with Crippen molar-refractivity contribution in [2.75, 3.05) is 20.2 Å². The summed E-state index contributed by atoms with van der Waals surface area (Å²) in [4.78, 5) is 33.7. The molecule has 1 fully saturated rings. The standard InChI is InChI=1S/C10H16N2O6/c1-18-10(17)12(5-8(13)14)4-6-2-3-7(11-6)9(15)16/h6-7,11H,2-5H2,1H3,(H,13,14)(H,15,16). The maximum Gasteiger partial charge on any atom is 0.410 e. The number of nitrogens with zero attached hydrogens (tertiary/aromatic N) is 1.